The lowest BCUT2D eigenvalue weighted by atomic mass is 10.2. The highest BCUT2D eigenvalue weighted by Crippen LogP contribution is 2.24. The van der Waals surface area contributed by atoms with Gasteiger partial charge in [-0.25, -0.2) is 0 Å². The van der Waals surface area contributed by atoms with E-state index in [9.17, 15) is 0 Å². The maximum Gasteiger partial charge on any atom is 0.0675 e. The third-order valence-electron chi connectivity index (χ3n) is 2.71. The van der Waals surface area contributed by atoms with Crippen molar-refractivity contribution in [3.8, 4) is 0 Å². The molecule has 0 spiro atoms. The molecule has 0 saturated carbocycles. The van der Waals surface area contributed by atoms with E-state index in [1.807, 2.05) is 18.6 Å². The van der Waals surface area contributed by atoms with Crippen molar-refractivity contribution in [3.63, 3.8) is 0 Å². The molecule has 0 saturated heterocycles. The second-order valence-electron chi connectivity index (χ2n) is 3.47. The number of benzene rings is 1. The summed E-state index contributed by atoms with van der Waals surface area (Å²) in [5.74, 6) is 0. The SMILES string of the molecule is Cc1c2ccccc2n2ccncc12. The van der Waals surface area contributed by atoms with Crippen LogP contribution in [0.15, 0.2) is 42.9 Å². The molecule has 0 unspecified atom stereocenters. The van der Waals surface area contributed by atoms with Gasteiger partial charge in [-0.15, -0.1) is 0 Å². The van der Waals surface area contributed by atoms with Crippen molar-refractivity contribution in [1.82, 2.24) is 9.38 Å². The van der Waals surface area contributed by atoms with Gasteiger partial charge in [-0.2, -0.15) is 0 Å². The van der Waals surface area contributed by atoms with Gasteiger partial charge in [0.2, 0.25) is 0 Å². The van der Waals surface area contributed by atoms with Crippen LogP contribution in [0.2, 0.25) is 0 Å². The van der Waals surface area contributed by atoms with E-state index in [4.69, 9.17) is 0 Å². The predicted octanol–water partition coefficient (Wildman–Crippen LogP) is 2.80. The van der Waals surface area contributed by atoms with E-state index < -0.39 is 0 Å². The van der Waals surface area contributed by atoms with Crippen molar-refractivity contribution in [1.29, 1.82) is 0 Å². The first kappa shape index (κ1) is 7.56. The Balaban J connectivity index is 2.69. The summed E-state index contributed by atoms with van der Waals surface area (Å²) in [5.41, 5.74) is 3.74. The zero-order valence-corrected chi connectivity index (χ0v) is 7.94. The zero-order chi connectivity index (χ0) is 9.54. The van der Waals surface area contributed by atoms with Crippen LogP contribution >= 0.6 is 0 Å². The van der Waals surface area contributed by atoms with Gasteiger partial charge in [0, 0.05) is 17.8 Å². The van der Waals surface area contributed by atoms with Crippen LogP contribution in [0.3, 0.4) is 0 Å². The molecule has 0 N–H and O–H groups in total. The fourth-order valence-electron chi connectivity index (χ4n) is 1.99. The Labute approximate surface area is 81.8 Å². The van der Waals surface area contributed by atoms with Crippen LogP contribution in [0.25, 0.3) is 16.4 Å². The van der Waals surface area contributed by atoms with Gasteiger partial charge < -0.3 is 4.40 Å². The Morgan fingerprint density at radius 3 is 2.93 bits per heavy atom. The predicted molar refractivity (Wildman–Crippen MR) is 57.4 cm³/mol. The quantitative estimate of drug-likeness (QED) is 0.522. The number of aryl methyl sites for hydroxylation is 1. The Morgan fingerprint density at radius 1 is 1.14 bits per heavy atom. The summed E-state index contributed by atoms with van der Waals surface area (Å²) in [5, 5.41) is 1.31. The third-order valence-corrected chi connectivity index (χ3v) is 2.71. The molecule has 0 amide bonds. The van der Waals surface area contributed by atoms with E-state index in [-0.39, 0.29) is 0 Å². The normalized spacial score (nSPS) is 11.2. The van der Waals surface area contributed by atoms with Gasteiger partial charge >= 0.3 is 0 Å². The maximum atomic E-state index is 4.15. The van der Waals surface area contributed by atoms with Gasteiger partial charge in [-0.05, 0) is 18.6 Å². The molecular weight excluding hydrogens is 172 g/mol. The van der Waals surface area contributed by atoms with E-state index in [1.165, 1.54) is 22.0 Å². The highest BCUT2D eigenvalue weighted by molar-refractivity contribution is 5.91. The van der Waals surface area contributed by atoms with Gasteiger partial charge in [-0.3, -0.25) is 4.98 Å². The van der Waals surface area contributed by atoms with Crippen LogP contribution in [0, 0.1) is 6.92 Å². The molecule has 2 heteroatoms. The minimum atomic E-state index is 1.19. The maximum absolute atomic E-state index is 4.15. The minimum Gasteiger partial charge on any atom is -0.313 e. The van der Waals surface area contributed by atoms with Crippen molar-refractivity contribution < 1.29 is 0 Å². The molecule has 0 aliphatic heterocycles. The Bertz CT molecular complexity index is 555. The molecule has 0 atom stereocenters. The topological polar surface area (TPSA) is 17.3 Å². The fourth-order valence-corrected chi connectivity index (χ4v) is 1.99. The van der Waals surface area contributed by atoms with Gasteiger partial charge in [0.05, 0.1) is 17.2 Å². The highest BCUT2D eigenvalue weighted by Gasteiger charge is 2.05. The summed E-state index contributed by atoms with van der Waals surface area (Å²) >= 11 is 0. The van der Waals surface area contributed by atoms with Crippen LogP contribution in [-0.2, 0) is 0 Å². The van der Waals surface area contributed by atoms with Crippen molar-refractivity contribution in [3.05, 3.63) is 48.4 Å². The molecule has 0 aliphatic rings. The highest BCUT2D eigenvalue weighted by atomic mass is 14.9. The van der Waals surface area contributed by atoms with Crippen molar-refractivity contribution >= 4 is 16.4 Å². The van der Waals surface area contributed by atoms with E-state index in [1.54, 1.807) is 0 Å². The standard InChI is InChI=1S/C12H10N2/c1-9-10-4-2-3-5-11(10)14-7-6-13-8-12(9)14/h2-8H,1H3. The van der Waals surface area contributed by atoms with Crippen LogP contribution in [0.4, 0.5) is 0 Å². The molecule has 1 aromatic carbocycles. The zero-order valence-electron chi connectivity index (χ0n) is 7.94. The van der Waals surface area contributed by atoms with Gasteiger partial charge in [-0.1, -0.05) is 18.2 Å². The van der Waals surface area contributed by atoms with Crippen molar-refractivity contribution in [2.24, 2.45) is 0 Å². The largest absolute Gasteiger partial charge is 0.313 e. The van der Waals surface area contributed by atoms with Crippen LogP contribution in [0.1, 0.15) is 5.56 Å². The average molecular weight is 182 g/mol. The van der Waals surface area contributed by atoms with Crippen LogP contribution < -0.4 is 0 Å². The first-order valence-corrected chi connectivity index (χ1v) is 4.67. The Kier molecular flexibility index (Phi) is 1.39. The number of hydrogen-bond donors (Lipinski definition) is 0. The van der Waals surface area contributed by atoms with Gasteiger partial charge in [0.25, 0.3) is 0 Å². The summed E-state index contributed by atoms with van der Waals surface area (Å²) < 4.78 is 2.18. The molecule has 0 aliphatic carbocycles. The summed E-state index contributed by atoms with van der Waals surface area (Å²) in [6.07, 6.45) is 5.74. The lowest BCUT2D eigenvalue weighted by Crippen LogP contribution is -1.83. The second-order valence-corrected chi connectivity index (χ2v) is 3.47. The van der Waals surface area contributed by atoms with Crippen LogP contribution in [-0.4, -0.2) is 9.38 Å². The molecule has 2 aromatic heterocycles. The smallest absolute Gasteiger partial charge is 0.0675 e. The molecule has 3 rings (SSSR count). The second kappa shape index (κ2) is 2.58. The van der Waals surface area contributed by atoms with Crippen molar-refractivity contribution in [2.45, 2.75) is 6.92 Å². The van der Waals surface area contributed by atoms with E-state index in [2.05, 4.69) is 40.6 Å². The average Bonchev–Trinajstić information content (AvgIpc) is 2.55. The van der Waals surface area contributed by atoms with Crippen LogP contribution in [0.5, 0.6) is 0 Å². The lowest BCUT2D eigenvalue weighted by Gasteiger charge is -1.93. The van der Waals surface area contributed by atoms with Crippen molar-refractivity contribution in [2.75, 3.05) is 0 Å². The molecule has 2 nitrogen and oxygen atoms in total. The summed E-state index contributed by atoms with van der Waals surface area (Å²) in [7, 11) is 0. The fraction of sp³-hybridized carbons (Fsp3) is 0.0833. The monoisotopic (exact) mass is 182 g/mol. The number of fused-ring (bicyclic) bond motifs is 3. The number of para-hydroxylation sites is 1. The van der Waals surface area contributed by atoms with E-state index in [0.717, 1.165) is 0 Å². The molecule has 14 heavy (non-hydrogen) atoms. The molecule has 68 valence electrons. The third kappa shape index (κ3) is 0.826. The number of hydrogen-bond acceptors (Lipinski definition) is 1. The molecule has 0 bridgehead atoms. The van der Waals surface area contributed by atoms with E-state index >= 15 is 0 Å². The van der Waals surface area contributed by atoms with Gasteiger partial charge in [0.1, 0.15) is 0 Å². The Hall–Kier alpha value is -1.83. The lowest BCUT2D eigenvalue weighted by molar-refractivity contribution is 1.17. The van der Waals surface area contributed by atoms with E-state index in [0.29, 0.717) is 0 Å². The number of rotatable bonds is 0. The first-order valence-electron chi connectivity index (χ1n) is 4.67. The summed E-state index contributed by atoms with van der Waals surface area (Å²) in [6.45, 7) is 2.14. The molecule has 0 fully saturated rings. The summed E-state index contributed by atoms with van der Waals surface area (Å²) in [4.78, 5) is 4.15. The van der Waals surface area contributed by atoms with Gasteiger partial charge in [0.15, 0.2) is 0 Å². The molecule has 0 radical (unpaired) electrons. The summed E-state index contributed by atoms with van der Waals surface area (Å²) in [6, 6.07) is 8.42. The molecular formula is C12H10N2. The molecule has 2 heterocycles. The number of nitrogens with zero attached hydrogens (tertiary/aromatic N) is 2. The minimum absolute atomic E-state index is 1.19. The Morgan fingerprint density at radius 2 is 2.00 bits per heavy atom. The molecule has 3 aromatic rings. The first-order chi connectivity index (χ1) is 6.88. The number of aromatic nitrogens is 2.